The van der Waals surface area contributed by atoms with Crippen LogP contribution in [0.3, 0.4) is 0 Å². The van der Waals surface area contributed by atoms with Gasteiger partial charge in [0.15, 0.2) is 17.2 Å². The van der Waals surface area contributed by atoms with Crippen molar-refractivity contribution in [3.05, 3.63) is 30.2 Å². The molecule has 1 aromatic carbocycles. The number of anilines is 1. The Labute approximate surface area is 169 Å². The Balaban J connectivity index is 1.63. The number of nitrogens with one attached hydrogen (secondary N) is 1. The molecule has 1 aliphatic rings. The number of hydrogen-bond acceptors (Lipinski definition) is 6. The summed E-state index contributed by atoms with van der Waals surface area (Å²) in [6, 6.07) is 3.46. The second-order valence-corrected chi connectivity index (χ2v) is 7.66. The number of alkyl halides is 3. The highest BCUT2D eigenvalue weighted by Gasteiger charge is 2.33. The van der Waals surface area contributed by atoms with Crippen molar-refractivity contribution in [2.24, 2.45) is 11.1 Å². The van der Waals surface area contributed by atoms with E-state index in [1.807, 2.05) is 0 Å². The molecule has 11 heteroatoms. The van der Waals surface area contributed by atoms with Crippen LogP contribution in [0.1, 0.15) is 19.8 Å². The van der Waals surface area contributed by atoms with Gasteiger partial charge in [-0.15, -0.1) is 13.2 Å². The molecule has 0 amide bonds. The van der Waals surface area contributed by atoms with Crippen molar-refractivity contribution in [3.8, 4) is 17.0 Å². The molecule has 0 spiro atoms. The summed E-state index contributed by atoms with van der Waals surface area (Å²) in [5, 5.41) is 6.71. The summed E-state index contributed by atoms with van der Waals surface area (Å²) in [6.07, 6.45) is -1.60. The Bertz CT molecular complexity index is 1060. The first-order valence-corrected chi connectivity index (χ1v) is 9.40. The number of benzene rings is 1. The minimum Gasteiger partial charge on any atom is -0.403 e. The molecule has 0 saturated carbocycles. The van der Waals surface area contributed by atoms with Crippen molar-refractivity contribution in [1.82, 2.24) is 20.2 Å². The summed E-state index contributed by atoms with van der Waals surface area (Å²) in [4.78, 5) is 10.9. The smallest absolute Gasteiger partial charge is 0.403 e. The second kappa shape index (κ2) is 7.38. The molecule has 0 radical (unpaired) electrons. The predicted molar refractivity (Wildman–Crippen MR) is 102 cm³/mol. The number of halogens is 4. The van der Waals surface area contributed by atoms with E-state index in [9.17, 15) is 17.6 Å². The van der Waals surface area contributed by atoms with Gasteiger partial charge < -0.3 is 15.4 Å². The average molecular weight is 424 g/mol. The van der Waals surface area contributed by atoms with Crippen LogP contribution in [0.25, 0.3) is 22.4 Å². The predicted octanol–water partition coefficient (Wildman–Crippen LogP) is 3.62. The topological polar surface area (TPSA) is 93.0 Å². The lowest BCUT2D eigenvalue weighted by Gasteiger charge is -2.39. The average Bonchev–Trinajstić information content (AvgIpc) is 3.12. The van der Waals surface area contributed by atoms with Crippen LogP contribution in [0, 0.1) is 11.2 Å². The molecule has 0 bridgehead atoms. The van der Waals surface area contributed by atoms with Gasteiger partial charge in [-0.3, -0.25) is 5.10 Å². The van der Waals surface area contributed by atoms with E-state index in [2.05, 4.69) is 36.7 Å². The van der Waals surface area contributed by atoms with Gasteiger partial charge in [-0.05, 0) is 36.9 Å². The molecule has 7 nitrogen and oxygen atoms in total. The summed E-state index contributed by atoms with van der Waals surface area (Å²) >= 11 is 0. The summed E-state index contributed by atoms with van der Waals surface area (Å²) in [5.41, 5.74) is 6.42. The second-order valence-electron chi connectivity index (χ2n) is 7.66. The van der Waals surface area contributed by atoms with Crippen LogP contribution in [0.5, 0.6) is 5.75 Å². The number of ether oxygens (including phenoxy) is 1. The number of nitrogens with zero attached hydrogens (tertiary/aromatic N) is 4. The van der Waals surface area contributed by atoms with Crippen LogP contribution in [-0.4, -0.2) is 46.2 Å². The quantitative estimate of drug-likeness (QED) is 0.622. The highest BCUT2D eigenvalue weighted by atomic mass is 19.4. The molecule has 4 rings (SSSR count). The van der Waals surface area contributed by atoms with Crippen molar-refractivity contribution in [3.63, 3.8) is 0 Å². The lowest BCUT2D eigenvalue weighted by Crippen LogP contribution is -2.42. The van der Waals surface area contributed by atoms with E-state index in [0.717, 1.165) is 32.0 Å². The van der Waals surface area contributed by atoms with Crippen molar-refractivity contribution in [2.45, 2.75) is 26.1 Å². The van der Waals surface area contributed by atoms with E-state index in [1.54, 1.807) is 6.20 Å². The fourth-order valence-corrected chi connectivity index (χ4v) is 3.51. The van der Waals surface area contributed by atoms with Crippen LogP contribution < -0.4 is 15.4 Å². The van der Waals surface area contributed by atoms with Crippen molar-refractivity contribution >= 4 is 17.0 Å². The highest BCUT2D eigenvalue weighted by Crippen LogP contribution is 2.35. The van der Waals surface area contributed by atoms with Crippen LogP contribution in [0.2, 0.25) is 0 Å². The molecule has 1 aliphatic heterocycles. The molecule has 1 fully saturated rings. The molecule has 0 atom stereocenters. The van der Waals surface area contributed by atoms with Crippen LogP contribution in [0.4, 0.5) is 23.4 Å². The zero-order chi connectivity index (χ0) is 21.5. The molecule has 3 heterocycles. The van der Waals surface area contributed by atoms with E-state index in [4.69, 9.17) is 5.73 Å². The normalized spacial score (nSPS) is 16.8. The van der Waals surface area contributed by atoms with Gasteiger partial charge in [0.05, 0.1) is 6.20 Å². The third kappa shape index (κ3) is 3.89. The number of rotatable bonds is 4. The number of fused-ring (bicyclic) bond motifs is 1. The molecular weight excluding hydrogens is 404 g/mol. The van der Waals surface area contributed by atoms with Gasteiger partial charge in [0.25, 0.3) is 0 Å². The SMILES string of the molecule is CC1(CN)CCN(c2cnc3c(-c4cccc(OC(F)(F)F)c4F)n[nH]c3n2)CC1. The van der Waals surface area contributed by atoms with Crippen LogP contribution in [-0.2, 0) is 0 Å². The molecule has 2 aromatic heterocycles. The van der Waals surface area contributed by atoms with Crippen LogP contribution >= 0.6 is 0 Å². The minimum absolute atomic E-state index is 0.0588. The standard InChI is InChI=1S/C19H20F4N6O/c1-18(10-24)5-7-29(8-6-18)13-9-25-16-15(27-28-17(16)26-13)11-3-2-4-12(14(11)20)30-19(21,22)23/h2-4,9H,5-8,10,24H2,1H3,(H,26,27,28). The Morgan fingerprint density at radius 3 is 2.67 bits per heavy atom. The largest absolute Gasteiger partial charge is 0.573 e. The fourth-order valence-electron chi connectivity index (χ4n) is 3.51. The third-order valence-electron chi connectivity index (χ3n) is 5.49. The molecule has 3 aromatic rings. The maximum Gasteiger partial charge on any atom is 0.573 e. The molecule has 0 unspecified atom stereocenters. The Morgan fingerprint density at radius 1 is 1.27 bits per heavy atom. The first kappa shape index (κ1) is 20.3. The molecule has 160 valence electrons. The van der Waals surface area contributed by atoms with Gasteiger partial charge in [0, 0.05) is 18.7 Å². The van der Waals surface area contributed by atoms with Gasteiger partial charge in [0.2, 0.25) is 0 Å². The molecule has 30 heavy (non-hydrogen) atoms. The van der Waals surface area contributed by atoms with Gasteiger partial charge in [0.1, 0.15) is 17.0 Å². The van der Waals surface area contributed by atoms with Crippen molar-refractivity contribution in [2.75, 3.05) is 24.5 Å². The lowest BCUT2D eigenvalue weighted by atomic mass is 9.80. The van der Waals surface area contributed by atoms with E-state index >= 15 is 0 Å². The van der Waals surface area contributed by atoms with Gasteiger partial charge in [-0.1, -0.05) is 13.0 Å². The van der Waals surface area contributed by atoms with E-state index in [0.29, 0.717) is 18.0 Å². The number of hydrogen-bond donors (Lipinski definition) is 2. The number of aromatic nitrogens is 4. The number of aromatic amines is 1. The number of nitrogens with two attached hydrogens (primary N) is 1. The fraction of sp³-hybridized carbons (Fsp3) is 0.421. The minimum atomic E-state index is -5.00. The Kier molecular flexibility index (Phi) is 5.00. The van der Waals surface area contributed by atoms with E-state index in [1.165, 1.54) is 12.1 Å². The molecule has 3 N–H and O–H groups in total. The van der Waals surface area contributed by atoms with Gasteiger partial charge >= 0.3 is 6.36 Å². The Hall–Kier alpha value is -2.95. The van der Waals surface area contributed by atoms with Crippen LogP contribution in [0.15, 0.2) is 24.4 Å². The van der Waals surface area contributed by atoms with Crippen molar-refractivity contribution < 1.29 is 22.3 Å². The van der Waals surface area contributed by atoms with E-state index in [-0.39, 0.29) is 22.2 Å². The molecule has 1 saturated heterocycles. The maximum atomic E-state index is 14.6. The summed E-state index contributed by atoms with van der Waals surface area (Å²) in [6.45, 7) is 4.34. The Morgan fingerprint density at radius 2 is 2.00 bits per heavy atom. The summed E-state index contributed by atoms with van der Waals surface area (Å²) < 4.78 is 55.9. The highest BCUT2D eigenvalue weighted by molar-refractivity contribution is 5.88. The van der Waals surface area contributed by atoms with E-state index < -0.39 is 17.9 Å². The maximum absolute atomic E-state index is 14.6. The number of H-pyrrole nitrogens is 1. The monoisotopic (exact) mass is 424 g/mol. The zero-order valence-corrected chi connectivity index (χ0v) is 16.1. The first-order valence-electron chi connectivity index (χ1n) is 9.40. The van der Waals surface area contributed by atoms with Gasteiger partial charge in [-0.2, -0.15) is 5.10 Å². The lowest BCUT2D eigenvalue weighted by molar-refractivity contribution is -0.275. The van der Waals surface area contributed by atoms with Gasteiger partial charge in [-0.25, -0.2) is 14.4 Å². The zero-order valence-electron chi connectivity index (χ0n) is 16.1. The summed E-state index contributed by atoms with van der Waals surface area (Å²) in [7, 11) is 0. The third-order valence-corrected chi connectivity index (χ3v) is 5.49. The number of piperidine rings is 1. The summed E-state index contributed by atoms with van der Waals surface area (Å²) in [5.74, 6) is -1.46. The molecular formula is C19H20F4N6O. The molecule has 0 aliphatic carbocycles. The first-order chi connectivity index (χ1) is 14.2. The van der Waals surface area contributed by atoms with Crippen molar-refractivity contribution in [1.29, 1.82) is 0 Å².